The number of hydrogen-bond donors (Lipinski definition) is 2. The molecule has 5 heteroatoms. The monoisotopic (exact) mass is 305 g/mol. The van der Waals surface area contributed by atoms with E-state index in [9.17, 15) is 8.42 Å². The molecule has 0 radical (unpaired) electrons. The van der Waals surface area contributed by atoms with E-state index in [2.05, 4.69) is 16.6 Å². The molecule has 0 bridgehead atoms. The van der Waals surface area contributed by atoms with Gasteiger partial charge in [0.15, 0.2) is 0 Å². The maximum Gasteiger partial charge on any atom is 0.242 e. The summed E-state index contributed by atoms with van der Waals surface area (Å²) < 4.78 is 28.2. The Hall–Kier alpha value is -1.35. The highest BCUT2D eigenvalue weighted by molar-refractivity contribution is 7.89. The third-order valence-corrected chi connectivity index (χ3v) is 5.55. The van der Waals surface area contributed by atoms with Crippen LogP contribution in [-0.2, 0) is 10.0 Å². The Kier molecular flexibility index (Phi) is 4.03. The molecule has 1 aromatic rings. The lowest BCUT2D eigenvalue weighted by molar-refractivity contribution is 0.350. The largest absolute Gasteiger partial charge is 0.384 e. The number of rotatable bonds is 5. The smallest absolute Gasteiger partial charge is 0.242 e. The Morgan fingerprint density at radius 1 is 1.19 bits per heavy atom. The van der Waals surface area contributed by atoms with E-state index >= 15 is 0 Å². The maximum atomic E-state index is 12.6. The first-order chi connectivity index (χ1) is 10.1. The zero-order chi connectivity index (χ0) is 14.9. The van der Waals surface area contributed by atoms with Crippen LogP contribution in [0.5, 0.6) is 0 Å². The van der Waals surface area contributed by atoms with Gasteiger partial charge in [0.05, 0.1) is 4.90 Å². The number of benzene rings is 1. The van der Waals surface area contributed by atoms with Crippen molar-refractivity contribution in [2.45, 2.75) is 36.6 Å². The predicted molar refractivity (Wildman–Crippen MR) is 80.0 cm³/mol. The molecule has 2 aliphatic carbocycles. The van der Waals surface area contributed by atoms with E-state index in [1.807, 2.05) is 0 Å². The van der Waals surface area contributed by atoms with E-state index in [4.69, 9.17) is 5.11 Å². The summed E-state index contributed by atoms with van der Waals surface area (Å²) in [6, 6.07) is 6.76. The highest BCUT2D eigenvalue weighted by Gasteiger charge is 2.43. The van der Waals surface area contributed by atoms with Gasteiger partial charge in [0.2, 0.25) is 10.0 Å². The van der Waals surface area contributed by atoms with Crippen molar-refractivity contribution in [2.24, 2.45) is 11.8 Å². The second-order valence-corrected chi connectivity index (χ2v) is 7.46. The van der Waals surface area contributed by atoms with E-state index in [0.29, 0.717) is 17.4 Å². The van der Waals surface area contributed by atoms with Crippen molar-refractivity contribution < 1.29 is 13.5 Å². The Bertz CT molecular complexity index is 667. The van der Waals surface area contributed by atoms with E-state index in [1.54, 1.807) is 24.3 Å². The summed E-state index contributed by atoms with van der Waals surface area (Å²) in [5.41, 5.74) is 0.435. The number of nitrogens with one attached hydrogen (secondary N) is 1. The molecule has 2 N–H and O–H groups in total. The summed E-state index contributed by atoms with van der Waals surface area (Å²) in [5, 5.41) is 8.79. The third-order valence-electron chi connectivity index (χ3n) is 4.03. The van der Waals surface area contributed by atoms with Crippen molar-refractivity contribution in [1.82, 2.24) is 4.72 Å². The number of sulfonamides is 1. The van der Waals surface area contributed by atoms with Crippen LogP contribution in [0.2, 0.25) is 0 Å². The van der Waals surface area contributed by atoms with Crippen molar-refractivity contribution in [3.63, 3.8) is 0 Å². The van der Waals surface area contributed by atoms with Crippen LogP contribution in [-0.4, -0.2) is 26.2 Å². The highest BCUT2D eigenvalue weighted by Crippen LogP contribution is 2.45. The molecule has 2 fully saturated rings. The molecule has 21 heavy (non-hydrogen) atoms. The van der Waals surface area contributed by atoms with Gasteiger partial charge in [-0.05, 0) is 49.7 Å². The first kappa shape index (κ1) is 14.6. The lowest BCUT2D eigenvalue weighted by atomic mass is 10.1. The van der Waals surface area contributed by atoms with Gasteiger partial charge < -0.3 is 5.11 Å². The first-order valence-corrected chi connectivity index (χ1v) is 8.81. The normalized spacial score (nSPS) is 18.4. The zero-order valence-electron chi connectivity index (χ0n) is 11.7. The van der Waals surface area contributed by atoms with Gasteiger partial charge in [-0.3, -0.25) is 0 Å². The van der Waals surface area contributed by atoms with Crippen molar-refractivity contribution >= 4 is 10.0 Å². The Morgan fingerprint density at radius 3 is 2.38 bits per heavy atom. The molecule has 112 valence electrons. The summed E-state index contributed by atoms with van der Waals surface area (Å²) in [5.74, 6) is 6.23. The summed E-state index contributed by atoms with van der Waals surface area (Å²) in [6.45, 7) is -0.283. The van der Waals surface area contributed by atoms with Crippen LogP contribution in [0.25, 0.3) is 0 Å². The molecule has 2 saturated carbocycles. The fraction of sp³-hybridized carbons (Fsp3) is 0.500. The van der Waals surface area contributed by atoms with Gasteiger partial charge in [-0.15, -0.1) is 0 Å². The predicted octanol–water partition coefficient (Wildman–Crippen LogP) is 1.50. The number of aliphatic hydroxyl groups excluding tert-OH is 1. The van der Waals surface area contributed by atoms with Gasteiger partial charge in [0.1, 0.15) is 6.61 Å². The second-order valence-electron chi connectivity index (χ2n) is 5.78. The van der Waals surface area contributed by atoms with Crippen LogP contribution < -0.4 is 4.72 Å². The van der Waals surface area contributed by atoms with Crippen LogP contribution >= 0.6 is 0 Å². The summed E-state index contributed by atoms with van der Waals surface area (Å²) >= 11 is 0. The third kappa shape index (κ3) is 3.46. The molecule has 0 atom stereocenters. The van der Waals surface area contributed by atoms with Gasteiger partial charge >= 0.3 is 0 Å². The van der Waals surface area contributed by atoms with Gasteiger partial charge in [0, 0.05) is 11.6 Å². The Labute approximate surface area is 125 Å². The highest BCUT2D eigenvalue weighted by atomic mass is 32.2. The minimum Gasteiger partial charge on any atom is -0.384 e. The molecule has 0 unspecified atom stereocenters. The maximum absolute atomic E-state index is 12.6. The van der Waals surface area contributed by atoms with Gasteiger partial charge in [-0.25, -0.2) is 13.1 Å². The van der Waals surface area contributed by atoms with Crippen molar-refractivity contribution in [1.29, 1.82) is 0 Å². The molecule has 0 spiro atoms. The average molecular weight is 305 g/mol. The lowest BCUT2D eigenvalue weighted by Gasteiger charge is -2.18. The van der Waals surface area contributed by atoms with Crippen LogP contribution in [0, 0.1) is 23.7 Å². The molecule has 0 heterocycles. The molecular formula is C16H19NO3S. The van der Waals surface area contributed by atoms with Crippen LogP contribution in [0.3, 0.4) is 0 Å². The number of hydrogen-bond acceptors (Lipinski definition) is 3. The minimum atomic E-state index is -3.56. The Morgan fingerprint density at radius 2 is 1.81 bits per heavy atom. The minimum absolute atomic E-state index is 0.0776. The van der Waals surface area contributed by atoms with E-state index in [1.165, 1.54) is 0 Å². The standard InChI is InChI=1S/C16H19NO3S/c18-11-3-5-12-4-1-2-6-15(12)21(19,20)17-16(13-7-8-13)14-9-10-14/h1-2,4,6,13-14,16-18H,7-11H2. The van der Waals surface area contributed by atoms with Crippen molar-refractivity contribution in [3.05, 3.63) is 29.8 Å². The molecule has 0 amide bonds. The van der Waals surface area contributed by atoms with Gasteiger partial charge in [-0.2, -0.15) is 0 Å². The molecule has 1 aromatic carbocycles. The molecule has 0 aliphatic heterocycles. The fourth-order valence-electron chi connectivity index (χ4n) is 2.67. The van der Waals surface area contributed by atoms with Crippen LogP contribution in [0.15, 0.2) is 29.2 Å². The summed E-state index contributed by atoms with van der Waals surface area (Å²) in [4.78, 5) is 0.206. The molecule has 2 aliphatic rings. The Balaban J connectivity index is 1.87. The first-order valence-electron chi connectivity index (χ1n) is 7.33. The average Bonchev–Trinajstić information content (AvgIpc) is 3.36. The molecule has 0 aromatic heterocycles. The molecule has 0 saturated heterocycles. The second kappa shape index (κ2) is 5.80. The number of aliphatic hydroxyl groups is 1. The van der Waals surface area contributed by atoms with E-state index in [0.717, 1.165) is 25.7 Å². The van der Waals surface area contributed by atoms with Gasteiger partial charge in [-0.1, -0.05) is 24.0 Å². The zero-order valence-corrected chi connectivity index (χ0v) is 12.6. The van der Waals surface area contributed by atoms with E-state index < -0.39 is 10.0 Å². The van der Waals surface area contributed by atoms with Gasteiger partial charge in [0.25, 0.3) is 0 Å². The molecule has 3 rings (SSSR count). The van der Waals surface area contributed by atoms with Crippen molar-refractivity contribution in [3.8, 4) is 11.8 Å². The van der Waals surface area contributed by atoms with Crippen LogP contribution in [0.1, 0.15) is 31.2 Å². The molecule has 4 nitrogen and oxygen atoms in total. The lowest BCUT2D eigenvalue weighted by Crippen LogP contribution is -2.38. The van der Waals surface area contributed by atoms with Crippen molar-refractivity contribution in [2.75, 3.05) is 6.61 Å². The summed E-state index contributed by atoms with van der Waals surface area (Å²) in [7, 11) is -3.56. The fourth-order valence-corrected chi connectivity index (χ4v) is 4.21. The SMILES string of the molecule is O=S(=O)(NC(C1CC1)C1CC1)c1ccccc1C#CCO. The summed E-state index contributed by atoms with van der Waals surface area (Å²) in [6.07, 6.45) is 4.48. The quantitative estimate of drug-likeness (QED) is 0.810. The van der Waals surface area contributed by atoms with E-state index in [-0.39, 0.29) is 17.5 Å². The van der Waals surface area contributed by atoms with Crippen LogP contribution in [0.4, 0.5) is 0 Å². The topological polar surface area (TPSA) is 66.4 Å². The molecular weight excluding hydrogens is 286 g/mol.